The normalized spacial score (nSPS) is 21.1. The minimum atomic E-state index is -1.52. The van der Waals surface area contributed by atoms with Crippen LogP contribution in [0.25, 0.3) is 0 Å². The maximum Gasteiger partial charge on any atom is 0.151 e. The van der Waals surface area contributed by atoms with Gasteiger partial charge in [0.05, 0.1) is 6.10 Å². The number of carbonyl (C=O) groups is 1. The first-order valence-corrected chi connectivity index (χ1v) is 3.56. The zero-order chi connectivity index (χ0) is 9.72. The van der Waals surface area contributed by atoms with Gasteiger partial charge in [0.25, 0.3) is 0 Å². The zero-order valence-electron chi connectivity index (χ0n) is 7.04. The predicted octanol–water partition coefficient (Wildman–Crippen LogP) is -1.70. The molecule has 0 rings (SSSR count). The smallest absolute Gasteiger partial charge is 0.151 e. The summed E-state index contributed by atoms with van der Waals surface area (Å²) in [5.41, 5.74) is 0. The molecule has 0 aromatic rings. The predicted molar refractivity (Wildman–Crippen MR) is 40.6 cm³/mol. The molecule has 0 unspecified atom stereocenters. The summed E-state index contributed by atoms with van der Waals surface area (Å²) < 4.78 is 4.68. The van der Waals surface area contributed by atoms with Gasteiger partial charge in [-0.1, -0.05) is 0 Å². The average Bonchev–Trinajstić information content (AvgIpc) is 2.03. The van der Waals surface area contributed by atoms with Gasteiger partial charge in [0.2, 0.25) is 0 Å². The highest BCUT2D eigenvalue weighted by molar-refractivity contribution is 5.56. The Balaban J connectivity index is 4.19. The summed E-state index contributed by atoms with van der Waals surface area (Å²) in [5, 5.41) is 27.1. The maximum absolute atomic E-state index is 10.0. The average molecular weight is 178 g/mol. The first-order valence-electron chi connectivity index (χ1n) is 3.56. The third-order valence-electron chi connectivity index (χ3n) is 1.57. The monoisotopic (exact) mass is 178 g/mol. The van der Waals surface area contributed by atoms with Gasteiger partial charge in [-0.25, -0.2) is 0 Å². The Hall–Kier alpha value is -0.490. The Morgan fingerprint density at radius 3 is 2.08 bits per heavy atom. The molecule has 0 spiro atoms. The molecule has 0 amide bonds. The highest BCUT2D eigenvalue weighted by Crippen LogP contribution is 2.06. The van der Waals surface area contributed by atoms with Crippen molar-refractivity contribution in [2.24, 2.45) is 0 Å². The molecule has 4 atom stereocenters. The quantitative estimate of drug-likeness (QED) is 0.437. The lowest BCUT2D eigenvalue weighted by molar-refractivity contribution is -0.137. The molecule has 0 saturated heterocycles. The number of aliphatic hydroxyl groups excluding tert-OH is 3. The Labute approximate surface area is 70.6 Å². The van der Waals surface area contributed by atoms with Crippen molar-refractivity contribution in [3.05, 3.63) is 0 Å². The van der Waals surface area contributed by atoms with Crippen molar-refractivity contribution in [3.8, 4) is 0 Å². The highest BCUT2D eigenvalue weighted by Gasteiger charge is 2.29. The van der Waals surface area contributed by atoms with Crippen molar-refractivity contribution < 1.29 is 24.9 Å². The second-order valence-corrected chi connectivity index (χ2v) is 2.56. The minimum Gasteiger partial charge on any atom is -0.391 e. The molecule has 0 bridgehead atoms. The summed E-state index contributed by atoms with van der Waals surface area (Å²) in [4.78, 5) is 10.0. The van der Waals surface area contributed by atoms with Gasteiger partial charge in [-0.3, -0.25) is 0 Å². The molecule has 5 heteroatoms. The van der Waals surface area contributed by atoms with Crippen molar-refractivity contribution >= 4 is 6.29 Å². The molecule has 0 aliphatic heterocycles. The molecule has 0 radical (unpaired) electrons. The molecule has 0 fully saturated rings. The van der Waals surface area contributed by atoms with Crippen LogP contribution < -0.4 is 0 Å². The molecule has 0 aromatic heterocycles. The summed E-state index contributed by atoms with van der Waals surface area (Å²) in [7, 11) is 1.28. The van der Waals surface area contributed by atoms with Crippen LogP contribution in [-0.2, 0) is 9.53 Å². The lowest BCUT2D eigenvalue weighted by Crippen LogP contribution is -2.45. The van der Waals surface area contributed by atoms with Crippen LogP contribution in [0.1, 0.15) is 6.92 Å². The summed E-state index contributed by atoms with van der Waals surface area (Å²) in [6.45, 7) is 1.40. The second kappa shape index (κ2) is 5.21. The van der Waals surface area contributed by atoms with Crippen LogP contribution in [-0.4, -0.2) is 53.1 Å². The van der Waals surface area contributed by atoms with Gasteiger partial charge in [-0.2, -0.15) is 0 Å². The van der Waals surface area contributed by atoms with E-state index in [2.05, 4.69) is 4.74 Å². The molecule has 0 aromatic carbocycles. The molecule has 0 saturated carbocycles. The minimum absolute atomic E-state index is 0.194. The van der Waals surface area contributed by atoms with Crippen molar-refractivity contribution in [1.82, 2.24) is 0 Å². The van der Waals surface area contributed by atoms with E-state index in [4.69, 9.17) is 10.2 Å². The van der Waals surface area contributed by atoms with Crippen molar-refractivity contribution in [1.29, 1.82) is 0 Å². The third kappa shape index (κ3) is 2.86. The molecule has 72 valence electrons. The Morgan fingerprint density at radius 2 is 1.83 bits per heavy atom. The summed E-state index contributed by atoms with van der Waals surface area (Å²) in [6, 6.07) is 0. The number of aldehydes is 1. The molecule has 0 aliphatic carbocycles. The van der Waals surface area contributed by atoms with Crippen LogP contribution in [0, 0.1) is 0 Å². The largest absolute Gasteiger partial charge is 0.391 e. The fourth-order valence-corrected chi connectivity index (χ4v) is 0.897. The van der Waals surface area contributed by atoms with Crippen molar-refractivity contribution in [2.75, 3.05) is 7.11 Å². The fraction of sp³-hybridized carbons (Fsp3) is 0.857. The number of methoxy groups -OCH3 is 1. The van der Waals surface area contributed by atoms with Gasteiger partial charge < -0.3 is 24.9 Å². The number of hydrogen-bond donors (Lipinski definition) is 3. The lowest BCUT2D eigenvalue weighted by atomic mass is 10.1. The van der Waals surface area contributed by atoms with E-state index in [1.165, 1.54) is 14.0 Å². The number of hydrogen-bond acceptors (Lipinski definition) is 5. The summed E-state index contributed by atoms with van der Waals surface area (Å²) in [6.07, 6.45) is -4.62. The van der Waals surface area contributed by atoms with Crippen LogP contribution in [0.2, 0.25) is 0 Å². The summed E-state index contributed by atoms with van der Waals surface area (Å²) in [5.74, 6) is 0. The first kappa shape index (κ1) is 11.5. The molecule has 5 nitrogen and oxygen atoms in total. The standard InChI is InChI=1S/C7H14O5/c1-4(9)7(12-2)6(11)5(10)3-8/h3-7,9-11H,1-2H3/t4-,5-,6+,7+/m0/s1. The lowest BCUT2D eigenvalue weighted by Gasteiger charge is -2.24. The van der Waals surface area contributed by atoms with E-state index in [1.807, 2.05) is 0 Å². The molecule has 0 heterocycles. The van der Waals surface area contributed by atoms with Gasteiger partial charge in [-0.15, -0.1) is 0 Å². The van der Waals surface area contributed by atoms with Crippen LogP contribution in [0.15, 0.2) is 0 Å². The third-order valence-corrected chi connectivity index (χ3v) is 1.57. The Morgan fingerprint density at radius 1 is 1.33 bits per heavy atom. The molecule has 3 N–H and O–H groups in total. The van der Waals surface area contributed by atoms with Crippen LogP contribution in [0.4, 0.5) is 0 Å². The Bertz CT molecular complexity index is 136. The van der Waals surface area contributed by atoms with Crippen LogP contribution in [0.3, 0.4) is 0 Å². The first-order chi connectivity index (χ1) is 5.54. The Kier molecular flexibility index (Phi) is 5.00. The highest BCUT2D eigenvalue weighted by atomic mass is 16.5. The number of carbonyl (C=O) groups excluding carboxylic acids is 1. The maximum atomic E-state index is 10.0. The fourth-order valence-electron chi connectivity index (χ4n) is 0.897. The van der Waals surface area contributed by atoms with E-state index >= 15 is 0 Å². The second-order valence-electron chi connectivity index (χ2n) is 2.56. The summed E-state index contributed by atoms with van der Waals surface area (Å²) >= 11 is 0. The van der Waals surface area contributed by atoms with Gasteiger partial charge >= 0.3 is 0 Å². The van der Waals surface area contributed by atoms with E-state index in [9.17, 15) is 9.90 Å². The molecule has 0 aliphatic rings. The van der Waals surface area contributed by atoms with E-state index in [0.717, 1.165) is 0 Å². The SMILES string of the molecule is CO[C@@H]([C@H](O)[C@@H](O)C=O)[C@H](C)O. The topological polar surface area (TPSA) is 87.0 Å². The van der Waals surface area contributed by atoms with E-state index in [-0.39, 0.29) is 6.29 Å². The van der Waals surface area contributed by atoms with E-state index < -0.39 is 24.4 Å². The van der Waals surface area contributed by atoms with Crippen LogP contribution in [0.5, 0.6) is 0 Å². The van der Waals surface area contributed by atoms with Crippen LogP contribution >= 0.6 is 0 Å². The van der Waals surface area contributed by atoms with E-state index in [0.29, 0.717) is 0 Å². The van der Waals surface area contributed by atoms with Gasteiger partial charge in [0.15, 0.2) is 6.29 Å². The molecule has 12 heavy (non-hydrogen) atoms. The van der Waals surface area contributed by atoms with Crippen molar-refractivity contribution in [3.63, 3.8) is 0 Å². The number of ether oxygens (including phenoxy) is 1. The molecular formula is C7H14O5. The number of rotatable bonds is 5. The number of aliphatic hydroxyl groups is 3. The molecular weight excluding hydrogens is 164 g/mol. The van der Waals surface area contributed by atoms with Crippen molar-refractivity contribution in [2.45, 2.75) is 31.3 Å². The van der Waals surface area contributed by atoms with Gasteiger partial charge in [-0.05, 0) is 6.92 Å². The van der Waals surface area contributed by atoms with Gasteiger partial charge in [0, 0.05) is 7.11 Å². The van der Waals surface area contributed by atoms with Gasteiger partial charge in [0.1, 0.15) is 18.3 Å². The zero-order valence-corrected chi connectivity index (χ0v) is 7.04. The van der Waals surface area contributed by atoms with E-state index in [1.54, 1.807) is 0 Å².